The number of nitro groups is 1. The summed E-state index contributed by atoms with van der Waals surface area (Å²) in [6, 6.07) is 11.8. The number of methoxy groups -OCH3 is 3. The molecule has 3 aromatic carbocycles. The monoisotopic (exact) mass is 1440 g/mol. The van der Waals surface area contributed by atoms with Crippen LogP contribution in [0.25, 0.3) is 0 Å². The van der Waals surface area contributed by atoms with Gasteiger partial charge in [-0.15, -0.1) is 0 Å². The maximum Gasteiger partial charge on any atom is 0.416 e. The van der Waals surface area contributed by atoms with Crippen molar-refractivity contribution in [3.05, 3.63) is 128 Å². The first-order valence-corrected chi connectivity index (χ1v) is 32.0. The molecule has 3 heterocycles. The number of nitrogens with zero attached hydrogens (tertiary/aromatic N) is 8. The molecule has 6 rings (SSSR count). The van der Waals surface area contributed by atoms with Gasteiger partial charge in [0.25, 0.3) is 37.5 Å². The molecule has 0 fully saturated rings. The van der Waals surface area contributed by atoms with Crippen LogP contribution in [-0.2, 0) is 52.0 Å². The van der Waals surface area contributed by atoms with E-state index in [4.69, 9.17) is 45.4 Å². The summed E-state index contributed by atoms with van der Waals surface area (Å²) in [5.74, 6) is -3.54. The average molecular weight is 1440 g/mol. The van der Waals surface area contributed by atoms with Gasteiger partial charge in [-0.3, -0.25) is 45.0 Å². The van der Waals surface area contributed by atoms with Gasteiger partial charge in [-0.1, -0.05) is 29.8 Å². The number of sulfonamides is 3. The van der Waals surface area contributed by atoms with E-state index in [1.807, 2.05) is 0 Å². The quantitative estimate of drug-likeness (QED) is 0.0201. The number of rotatable bonds is 21. The summed E-state index contributed by atoms with van der Waals surface area (Å²) >= 11 is 5.76. The number of aliphatic carboxylic acids is 1. The highest BCUT2D eigenvalue weighted by Crippen LogP contribution is 2.38. The second-order valence-electron chi connectivity index (χ2n) is 17.9. The Kier molecular flexibility index (Phi) is 28.2. The first kappa shape index (κ1) is 78.5. The molecule has 0 spiro atoms. The fourth-order valence-electron chi connectivity index (χ4n) is 6.47. The molecule has 0 bridgehead atoms. The van der Waals surface area contributed by atoms with Crippen molar-refractivity contribution in [2.75, 3.05) is 65.1 Å². The summed E-state index contributed by atoms with van der Waals surface area (Å²) < 4.78 is 183. The number of ether oxygens (including phenoxy) is 4. The van der Waals surface area contributed by atoms with Crippen LogP contribution in [0.15, 0.2) is 95.0 Å². The van der Waals surface area contributed by atoms with Crippen molar-refractivity contribution in [3.63, 3.8) is 0 Å². The second kappa shape index (κ2) is 33.7. The lowest BCUT2D eigenvalue weighted by Crippen LogP contribution is -2.36. The summed E-state index contributed by atoms with van der Waals surface area (Å²) in [4.78, 5) is 108. The van der Waals surface area contributed by atoms with Crippen LogP contribution >= 0.6 is 19.2 Å². The van der Waals surface area contributed by atoms with Gasteiger partial charge in [0, 0.05) is 38.8 Å². The van der Waals surface area contributed by atoms with Crippen LogP contribution < -0.4 is 49.1 Å². The average Bonchev–Trinajstić information content (AvgIpc) is 0.821. The molecule has 35 nitrogen and oxygen atoms in total. The number of aromatic nitrogens is 6. The molecular weight excluding hydrogens is 1390 g/mol. The lowest BCUT2D eigenvalue weighted by atomic mass is 10.1. The highest BCUT2D eigenvalue weighted by molar-refractivity contribution is 7.90. The molecule has 6 amide bonds. The first-order valence-electron chi connectivity index (χ1n) is 24.9. The lowest BCUT2D eigenvalue weighted by Gasteiger charge is -2.14. The van der Waals surface area contributed by atoms with Gasteiger partial charge < -0.3 is 38.7 Å². The molecule has 0 saturated heterocycles. The Morgan fingerprint density at radius 3 is 1.84 bits per heavy atom. The van der Waals surface area contributed by atoms with Gasteiger partial charge >= 0.3 is 44.0 Å². The van der Waals surface area contributed by atoms with Crippen LogP contribution in [0.1, 0.15) is 44.1 Å². The van der Waals surface area contributed by atoms with E-state index in [9.17, 15) is 90.2 Å². The van der Waals surface area contributed by atoms with Crippen LogP contribution in [0.4, 0.5) is 53.5 Å². The fraction of sp³-hybridized carbons (Fsp3) is 0.271. The molecular formula is C48H52ClF6N14O21PS3. The van der Waals surface area contributed by atoms with Crippen molar-refractivity contribution >= 4 is 96.7 Å². The summed E-state index contributed by atoms with van der Waals surface area (Å²) in [6.07, 6.45) is -9.54. The zero-order valence-electron chi connectivity index (χ0n) is 49.0. The number of anilines is 2. The Labute approximate surface area is 532 Å². The van der Waals surface area contributed by atoms with Crippen LogP contribution in [0.2, 0.25) is 5.02 Å². The predicted molar refractivity (Wildman–Crippen MR) is 312 cm³/mol. The third kappa shape index (κ3) is 26.9. The largest absolute Gasteiger partial charge is 0.481 e. The Hall–Kier alpha value is -9.72. The Morgan fingerprint density at radius 1 is 0.745 bits per heavy atom. The Balaban J connectivity index is 0.000000342. The molecule has 0 unspecified atom stereocenters. The molecule has 3 aromatic heterocycles. The third-order valence-corrected chi connectivity index (χ3v) is 14.5. The molecule has 0 radical (unpaired) electrons. The second-order valence-corrected chi connectivity index (χ2v) is 24.9. The minimum Gasteiger partial charge on any atom is -0.481 e. The topological polar surface area (TPSA) is 498 Å². The van der Waals surface area contributed by atoms with Gasteiger partial charge in [-0.2, -0.15) is 59.7 Å². The van der Waals surface area contributed by atoms with E-state index in [-0.39, 0.29) is 58.1 Å². The van der Waals surface area contributed by atoms with E-state index in [2.05, 4.69) is 45.9 Å². The Morgan fingerprint density at radius 2 is 1.33 bits per heavy atom. The van der Waals surface area contributed by atoms with Crippen molar-refractivity contribution in [1.29, 1.82) is 0 Å². The molecule has 0 aliphatic rings. The number of carbonyl (C=O) groups is 5. The minimum absolute atomic E-state index is 0.0715. The van der Waals surface area contributed by atoms with Crippen molar-refractivity contribution in [2.24, 2.45) is 0 Å². The predicted octanol–water partition coefficient (Wildman–Crippen LogP) is 4.84. The molecule has 9 N–H and O–H groups in total. The lowest BCUT2D eigenvalue weighted by molar-refractivity contribution is -0.385. The summed E-state index contributed by atoms with van der Waals surface area (Å²) in [5, 5.41) is 24.4. The maximum absolute atomic E-state index is 12.7. The minimum atomic E-state index is -4.62. The molecule has 0 saturated carbocycles. The molecule has 0 aliphatic carbocycles. The Bertz CT molecular complexity index is 4140. The van der Waals surface area contributed by atoms with Gasteiger partial charge in [0.1, 0.15) is 22.9 Å². The van der Waals surface area contributed by atoms with E-state index in [1.165, 1.54) is 89.8 Å². The molecule has 46 heteroatoms. The van der Waals surface area contributed by atoms with Crippen molar-refractivity contribution in [1.82, 2.24) is 54.3 Å². The number of hydrogen-bond donors (Lipinski definition) is 9. The number of carboxylic acids is 1. The number of benzene rings is 3. The number of nitro benzene ring substituents is 1. The van der Waals surface area contributed by atoms with Crippen LogP contribution in [0, 0.1) is 17.0 Å². The smallest absolute Gasteiger partial charge is 0.416 e. The normalized spacial score (nSPS) is 11.4. The van der Waals surface area contributed by atoms with E-state index >= 15 is 0 Å². The van der Waals surface area contributed by atoms with E-state index in [1.54, 1.807) is 14.2 Å². The number of amides is 6. The summed E-state index contributed by atoms with van der Waals surface area (Å²) in [6.45, 7) is 1.06. The molecule has 512 valence electrons. The standard InChI is InChI=1S/C15H10ClF3N2O6S.C15H16F3N5O4S.C15H18N6O6S.C3H8NO5P/c1-28(25,26)20-14(22)10-7-9(3-4-12(10)21(23)24)27-13-5-2-8(6-11(13)16)15(17,18)19;1-9-19-12(22-14(20-9)27-2)21-13(24)23-28(25,26)11-6-4-3-5-10(11)7-8-15(16,17)18;1-21(2)13(22)9-6-5-7-16-12(9)28(24,25)20-15(23)19-14-17-10(26-3)8-11(18-14)27-4;5-3(6)1-4-2-10(7,8)9/h2-7H,1H3,(H,20,22);3-6H,7-8H2,1-2H3,(H2,19,20,21,22,23,24);5-8H,1-4H3,(H2,17,18,19,20,23);4H,1-2H2,(H,5,6)(H2,7,8,9). The molecule has 94 heavy (non-hydrogen) atoms. The number of nitrogens with one attached hydrogen (secondary N) is 6. The summed E-state index contributed by atoms with van der Waals surface area (Å²) in [7, 11) is -10.1. The number of carbonyl (C=O) groups excluding carboxylic acids is 4. The number of carboxylic acid groups (broad SMARTS) is 1. The number of halogens is 7. The fourth-order valence-corrected chi connectivity index (χ4v) is 9.75. The number of alkyl halides is 6. The van der Waals surface area contributed by atoms with E-state index < -0.39 is 142 Å². The summed E-state index contributed by atoms with van der Waals surface area (Å²) in [5.41, 5.74) is -2.60. The van der Waals surface area contributed by atoms with Gasteiger partial charge in [0.05, 0.1) is 72.5 Å². The number of hydrogen-bond acceptors (Lipinski definition) is 25. The molecule has 0 aliphatic heterocycles. The van der Waals surface area contributed by atoms with Gasteiger partial charge in [-0.05, 0) is 61.4 Å². The van der Waals surface area contributed by atoms with E-state index in [0.717, 1.165) is 30.3 Å². The highest BCUT2D eigenvalue weighted by atomic mass is 35.5. The van der Waals surface area contributed by atoms with E-state index in [0.29, 0.717) is 18.4 Å². The number of aryl methyl sites for hydroxylation is 2. The maximum atomic E-state index is 12.7. The SMILES string of the molecule is COc1cc(OC)nc(NC(=O)NS(=O)(=O)c2ncccc2C(=O)N(C)C)n1.COc1nc(C)nc(NC(=O)NS(=O)(=O)c2ccccc2CCC(F)(F)F)n1.CS(=O)(=O)NC(=O)c1cc(Oc2ccc(C(F)(F)F)cc2Cl)ccc1[N+](=O)[O-].O=C(O)CNCP(=O)(O)O. The van der Waals surface area contributed by atoms with Crippen molar-refractivity contribution in [2.45, 2.75) is 42.0 Å². The van der Waals surface area contributed by atoms with Crippen molar-refractivity contribution in [3.8, 4) is 29.3 Å². The third-order valence-electron chi connectivity index (χ3n) is 10.3. The van der Waals surface area contributed by atoms with Crippen LogP contribution in [-0.4, -0.2) is 170 Å². The van der Waals surface area contributed by atoms with Crippen LogP contribution in [0.3, 0.4) is 0 Å². The van der Waals surface area contributed by atoms with Crippen molar-refractivity contribution < 1.29 is 119 Å². The zero-order chi connectivity index (χ0) is 71.3. The van der Waals surface area contributed by atoms with Crippen LogP contribution in [0.5, 0.6) is 29.3 Å². The van der Waals surface area contributed by atoms with Gasteiger partial charge in [0.15, 0.2) is 5.03 Å². The highest BCUT2D eigenvalue weighted by Gasteiger charge is 2.33. The number of urea groups is 2. The van der Waals surface area contributed by atoms with Gasteiger partial charge in [-0.25, -0.2) is 45.6 Å². The molecule has 6 aromatic rings. The zero-order valence-corrected chi connectivity index (χ0v) is 53.1. The molecule has 0 atom stereocenters. The number of pyridine rings is 1. The van der Waals surface area contributed by atoms with Gasteiger partial charge in [0.2, 0.25) is 33.7 Å². The first-order chi connectivity index (χ1) is 43.4.